The van der Waals surface area contributed by atoms with Gasteiger partial charge in [-0.05, 0) is 54.4 Å². The second kappa shape index (κ2) is 8.63. The summed E-state index contributed by atoms with van der Waals surface area (Å²) in [5.74, 6) is -1.78. The Morgan fingerprint density at radius 2 is 1.93 bits per heavy atom. The zero-order chi connectivity index (χ0) is 21.1. The third-order valence-electron chi connectivity index (χ3n) is 3.35. The van der Waals surface area contributed by atoms with Crippen molar-refractivity contribution in [1.29, 1.82) is 0 Å². The van der Waals surface area contributed by atoms with Gasteiger partial charge in [-0.15, -0.1) is 0 Å². The van der Waals surface area contributed by atoms with E-state index in [1.165, 1.54) is 0 Å². The van der Waals surface area contributed by atoms with Gasteiger partial charge in [0.1, 0.15) is 23.6 Å². The van der Waals surface area contributed by atoms with Crippen LogP contribution in [-0.2, 0) is 11.3 Å². The lowest BCUT2D eigenvalue weighted by atomic mass is 10.2. The van der Waals surface area contributed by atoms with Gasteiger partial charge in [0.25, 0.3) is 0 Å². The van der Waals surface area contributed by atoms with Crippen molar-refractivity contribution in [2.24, 2.45) is 0 Å². The summed E-state index contributed by atoms with van der Waals surface area (Å²) in [6.45, 7) is 4.54. The highest BCUT2D eigenvalue weighted by atomic mass is 79.9. The van der Waals surface area contributed by atoms with Crippen LogP contribution >= 0.6 is 15.9 Å². The number of hydrogen-bond donors (Lipinski definition) is 1. The number of benzene rings is 1. The summed E-state index contributed by atoms with van der Waals surface area (Å²) in [7, 11) is 0. The number of aromatic nitrogens is 3. The van der Waals surface area contributed by atoms with E-state index in [1.807, 2.05) is 0 Å². The van der Waals surface area contributed by atoms with Crippen molar-refractivity contribution in [2.45, 2.75) is 32.9 Å². The first-order chi connectivity index (χ1) is 13.0. The van der Waals surface area contributed by atoms with E-state index in [9.17, 15) is 22.8 Å². The molecule has 0 aliphatic heterocycles. The van der Waals surface area contributed by atoms with Crippen LogP contribution in [0.3, 0.4) is 0 Å². The first-order valence-corrected chi connectivity index (χ1v) is 8.85. The van der Waals surface area contributed by atoms with Crippen molar-refractivity contribution in [3.63, 3.8) is 0 Å². The van der Waals surface area contributed by atoms with E-state index < -0.39 is 29.0 Å². The molecule has 0 aliphatic carbocycles. The molecule has 7 nitrogen and oxygen atoms in total. The fraction of sp³-hybridized carbons (Fsp3) is 0.353. The van der Waals surface area contributed by atoms with E-state index in [-0.39, 0.29) is 35.2 Å². The lowest BCUT2D eigenvalue weighted by molar-refractivity contribution is 0.0532. The second-order valence-electron chi connectivity index (χ2n) is 6.79. The maximum Gasteiger partial charge on any atom is 0.407 e. The van der Waals surface area contributed by atoms with Gasteiger partial charge in [0.05, 0.1) is 23.0 Å². The van der Waals surface area contributed by atoms with E-state index >= 15 is 0 Å². The maximum absolute atomic E-state index is 13.7. The van der Waals surface area contributed by atoms with Crippen LogP contribution in [-0.4, -0.2) is 32.6 Å². The Hall–Kier alpha value is -2.56. The molecule has 1 aromatic carbocycles. The topological polar surface area (TPSA) is 78.2 Å². The first-order valence-electron chi connectivity index (χ1n) is 8.06. The number of ether oxygens (including phenoxy) is 1. The molecule has 0 fully saturated rings. The van der Waals surface area contributed by atoms with Gasteiger partial charge < -0.3 is 10.1 Å². The fourth-order valence-corrected chi connectivity index (χ4v) is 2.35. The molecule has 152 valence electrons. The van der Waals surface area contributed by atoms with Crippen molar-refractivity contribution in [2.75, 3.05) is 6.54 Å². The van der Waals surface area contributed by atoms with E-state index in [0.717, 1.165) is 27.7 Å². The Kier molecular flexibility index (Phi) is 6.70. The number of alkyl carbamates (subject to hydrolysis) is 1. The molecular weight excluding hydrogens is 445 g/mol. The number of halogens is 4. The summed E-state index contributed by atoms with van der Waals surface area (Å²) in [4.78, 5) is 24.0. The standard InChI is InChI=1S/C17H18BrF3N4O3/c1-17(2,3)28-15(26)22-7-10(6-19)8-25-16(27)24(9-23-25)11-4-12(20)14(18)13(21)5-11/h4-6,9H,7-8H2,1-3H3,(H,22,26)/b10-6+. The van der Waals surface area contributed by atoms with Gasteiger partial charge in [0.15, 0.2) is 0 Å². The van der Waals surface area contributed by atoms with Gasteiger partial charge in [-0.3, -0.25) is 0 Å². The zero-order valence-electron chi connectivity index (χ0n) is 15.3. The Labute approximate surface area is 166 Å². The number of amides is 1. The average molecular weight is 463 g/mol. The predicted octanol–water partition coefficient (Wildman–Crippen LogP) is 3.45. The molecule has 0 saturated heterocycles. The van der Waals surface area contributed by atoms with Crippen LogP contribution in [0, 0.1) is 11.6 Å². The van der Waals surface area contributed by atoms with E-state index in [2.05, 4.69) is 26.3 Å². The molecule has 0 unspecified atom stereocenters. The third-order valence-corrected chi connectivity index (χ3v) is 4.10. The number of hydrogen-bond acceptors (Lipinski definition) is 4. The SMILES string of the molecule is CC(C)(C)OC(=O)NC/C(=C\F)Cn1ncn(-c2cc(F)c(Br)c(F)c2)c1=O. The molecule has 11 heteroatoms. The first kappa shape index (κ1) is 21.7. The molecule has 1 amide bonds. The van der Waals surface area contributed by atoms with Crippen LogP contribution in [0.1, 0.15) is 20.8 Å². The highest BCUT2D eigenvalue weighted by Crippen LogP contribution is 2.22. The van der Waals surface area contributed by atoms with Crippen molar-refractivity contribution >= 4 is 22.0 Å². The van der Waals surface area contributed by atoms with E-state index in [0.29, 0.717) is 0 Å². The van der Waals surface area contributed by atoms with Crippen molar-refractivity contribution in [3.05, 3.63) is 57.0 Å². The van der Waals surface area contributed by atoms with Crippen LogP contribution in [0.2, 0.25) is 0 Å². The Morgan fingerprint density at radius 3 is 2.46 bits per heavy atom. The van der Waals surface area contributed by atoms with Crippen LogP contribution < -0.4 is 11.0 Å². The Morgan fingerprint density at radius 1 is 1.32 bits per heavy atom. The van der Waals surface area contributed by atoms with Gasteiger partial charge in [-0.2, -0.15) is 5.10 Å². The fourth-order valence-electron chi connectivity index (χ4n) is 2.13. The summed E-state index contributed by atoms with van der Waals surface area (Å²) in [6, 6.07) is 1.91. The van der Waals surface area contributed by atoms with Crippen LogP contribution in [0.5, 0.6) is 0 Å². The summed E-state index contributed by atoms with van der Waals surface area (Å²) < 4.78 is 47.0. The van der Waals surface area contributed by atoms with Gasteiger partial charge >= 0.3 is 11.8 Å². The molecule has 0 bridgehead atoms. The molecule has 1 aromatic heterocycles. The number of carbonyl (C=O) groups excluding carboxylic acids is 1. The number of carbonyl (C=O) groups is 1. The summed E-state index contributed by atoms with van der Waals surface area (Å²) >= 11 is 2.75. The number of nitrogens with zero attached hydrogens (tertiary/aromatic N) is 3. The van der Waals surface area contributed by atoms with Crippen LogP contribution in [0.25, 0.3) is 5.69 Å². The zero-order valence-corrected chi connectivity index (χ0v) is 16.9. The van der Waals surface area contributed by atoms with Gasteiger partial charge in [-0.25, -0.2) is 32.0 Å². The Balaban J connectivity index is 2.13. The lowest BCUT2D eigenvalue weighted by Crippen LogP contribution is -2.34. The van der Waals surface area contributed by atoms with Crippen LogP contribution in [0.4, 0.5) is 18.0 Å². The predicted molar refractivity (Wildman–Crippen MR) is 98.9 cm³/mol. The van der Waals surface area contributed by atoms with Crippen molar-refractivity contribution < 1.29 is 22.7 Å². The lowest BCUT2D eigenvalue weighted by Gasteiger charge is -2.19. The molecule has 0 spiro atoms. The quantitative estimate of drug-likeness (QED) is 0.690. The van der Waals surface area contributed by atoms with Gasteiger partial charge in [0, 0.05) is 6.54 Å². The maximum atomic E-state index is 13.7. The molecule has 1 heterocycles. The van der Waals surface area contributed by atoms with E-state index in [1.54, 1.807) is 20.8 Å². The number of rotatable bonds is 5. The molecule has 0 saturated carbocycles. The highest BCUT2D eigenvalue weighted by molar-refractivity contribution is 9.10. The third kappa shape index (κ3) is 5.47. The summed E-state index contributed by atoms with van der Waals surface area (Å²) in [5.41, 5.74) is -1.49. The minimum Gasteiger partial charge on any atom is -0.444 e. The summed E-state index contributed by atoms with van der Waals surface area (Å²) in [5, 5.41) is 6.17. The van der Waals surface area contributed by atoms with Crippen LogP contribution in [0.15, 0.2) is 39.6 Å². The van der Waals surface area contributed by atoms with Gasteiger partial charge in [-0.1, -0.05) is 0 Å². The molecule has 2 aromatic rings. The molecule has 1 N–H and O–H groups in total. The van der Waals surface area contributed by atoms with Crippen molar-refractivity contribution in [1.82, 2.24) is 19.7 Å². The highest BCUT2D eigenvalue weighted by Gasteiger charge is 2.17. The number of nitrogens with one attached hydrogen (secondary N) is 1. The average Bonchev–Trinajstić information content (AvgIpc) is 2.95. The van der Waals surface area contributed by atoms with Crippen molar-refractivity contribution in [3.8, 4) is 5.69 Å². The second-order valence-corrected chi connectivity index (χ2v) is 7.58. The van der Waals surface area contributed by atoms with Gasteiger partial charge in [0.2, 0.25) is 0 Å². The monoisotopic (exact) mass is 462 g/mol. The molecule has 2 rings (SSSR count). The Bertz CT molecular complexity index is 940. The normalized spacial score (nSPS) is 12.2. The molecule has 0 atom stereocenters. The molecule has 28 heavy (non-hydrogen) atoms. The molecular formula is C17H18BrF3N4O3. The minimum atomic E-state index is -0.888. The largest absolute Gasteiger partial charge is 0.444 e. The van der Waals surface area contributed by atoms with E-state index in [4.69, 9.17) is 4.74 Å². The smallest absolute Gasteiger partial charge is 0.407 e. The summed E-state index contributed by atoms with van der Waals surface area (Å²) in [6.07, 6.45) is 0.550. The minimum absolute atomic E-state index is 0.0337. The molecule has 0 aliphatic rings. The molecule has 0 radical (unpaired) electrons.